The van der Waals surface area contributed by atoms with Crippen molar-refractivity contribution in [2.75, 3.05) is 20.2 Å². The molecule has 3 heterocycles. The number of benzene rings is 2. The summed E-state index contributed by atoms with van der Waals surface area (Å²) in [7, 11) is 1.66. The van der Waals surface area contributed by atoms with Gasteiger partial charge in [0.25, 0.3) is 4.84 Å². The molecule has 1 fully saturated rings. The molecule has 2 aromatic carbocycles. The van der Waals surface area contributed by atoms with E-state index in [-0.39, 0.29) is 0 Å². The standard InChI is InChI=1S/C23H24N4O3S/c1-28-18-8-6-16(7-9-18)14-21-25-27(23(31)30-21)15-26-12-10-17(11-13-26)22-24-19-4-2-3-5-20(19)29-22/h2-9,17H,10-15H2,1H3. The number of para-hydroxylation sites is 2. The first kappa shape index (κ1) is 20.0. The first-order valence-corrected chi connectivity index (χ1v) is 10.9. The maximum Gasteiger partial charge on any atom is 0.288 e. The summed E-state index contributed by atoms with van der Waals surface area (Å²) in [5, 5.41) is 4.59. The number of piperidine rings is 1. The minimum Gasteiger partial charge on any atom is -0.497 e. The number of likely N-dealkylation sites (tertiary alicyclic amines) is 1. The number of nitrogens with zero attached hydrogens (tertiary/aromatic N) is 4. The number of aromatic nitrogens is 3. The molecular formula is C23H24N4O3S. The molecule has 7 nitrogen and oxygen atoms in total. The van der Waals surface area contributed by atoms with Crippen molar-refractivity contribution >= 4 is 23.3 Å². The highest BCUT2D eigenvalue weighted by Gasteiger charge is 2.25. The highest BCUT2D eigenvalue weighted by molar-refractivity contribution is 7.71. The average Bonchev–Trinajstić information content (AvgIpc) is 3.38. The van der Waals surface area contributed by atoms with E-state index in [0.29, 0.717) is 29.7 Å². The van der Waals surface area contributed by atoms with Crippen LogP contribution >= 0.6 is 12.2 Å². The predicted octanol–water partition coefficient (Wildman–Crippen LogP) is 4.78. The second-order valence-corrected chi connectivity index (χ2v) is 8.19. The minimum absolute atomic E-state index is 0.347. The van der Waals surface area contributed by atoms with Crippen molar-refractivity contribution in [3.63, 3.8) is 0 Å². The Morgan fingerprint density at radius 2 is 1.84 bits per heavy atom. The van der Waals surface area contributed by atoms with Gasteiger partial charge in [-0.25, -0.2) is 9.67 Å². The van der Waals surface area contributed by atoms with Crippen LogP contribution in [0.2, 0.25) is 0 Å². The Balaban J connectivity index is 1.19. The summed E-state index contributed by atoms with van der Waals surface area (Å²) in [4.78, 5) is 7.42. The number of fused-ring (bicyclic) bond motifs is 1. The van der Waals surface area contributed by atoms with Crippen LogP contribution in [0, 0.1) is 4.84 Å². The van der Waals surface area contributed by atoms with Gasteiger partial charge in [0, 0.05) is 19.0 Å². The first-order valence-electron chi connectivity index (χ1n) is 10.5. The molecule has 31 heavy (non-hydrogen) atoms. The quantitative estimate of drug-likeness (QED) is 0.403. The summed E-state index contributed by atoms with van der Waals surface area (Å²) in [5.41, 5.74) is 2.89. The number of methoxy groups -OCH3 is 1. The number of hydrogen-bond donors (Lipinski definition) is 0. The third kappa shape index (κ3) is 4.40. The highest BCUT2D eigenvalue weighted by Crippen LogP contribution is 2.30. The normalized spacial score (nSPS) is 15.5. The van der Waals surface area contributed by atoms with Crippen molar-refractivity contribution in [1.82, 2.24) is 19.7 Å². The number of rotatable bonds is 6. The van der Waals surface area contributed by atoms with E-state index in [1.165, 1.54) is 0 Å². The highest BCUT2D eigenvalue weighted by atomic mass is 32.1. The Hall–Kier alpha value is -2.97. The predicted molar refractivity (Wildman–Crippen MR) is 119 cm³/mol. The van der Waals surface area contributed by atoms with Gasteiger partial charge in [0.15, 0.2) is 11.5 Å². The fourth-order valence-electron chi connectivity index (χ4n) is 4.00. The van der Waals surface area contributed by atoms with Crippen LogP contribution in [0.1, 0.15) is 36.1 Å². The molecular weight excluding hydrogens is 412 g/mol. The van der Waals surface area contributed by atoms with Crippen molar-refractivity contribution in [2.24, 2.45) is 0 Å². The number of ether oxygens (including phenoxy) is 1. The van der Waals surface area contributed by atoms with Crippen LogP contribution in [0.5, 0.6) is 5.75 Å². The molecule has 160 valence electrons. The van der Waals surface area contributed by atoms with Gasteiger partial charge in [0.2, 0.25) is 5.89 Å². The second-order valence-electron chi connectivity index (χ2n) is 7.84. The first-order chi connectivity index (χ1) is 15.2. The molecule has 0 bridgehead atoms. The lowest BCUT2D eigenvalue weighted by molar-refractivity contribution is 0.152. The van der Waals surface area contributed by atoms with Crippen LogP contribution in [-0.2, 0) is 13.1 Å². The van der Waals surface area contributed by atoms with Gasteiger partial charge in [-0.3, -0.25) is 4.90 Å². The third-order valence-electron chi connectivity index (χ3n) is 5.74. The van der Waals surface area contributed by atoms with Crippen LogP contribution < -0.4 is 4.74 Å². The van der Waals surface area contributed by atoms with Crippen molar-refractivity contribution in [2.45, 2.75) is 31.8 Å². The van der Waals surface area contributed by atoms with Gasteiger partial charge in [0.05, 0.1) is 20.2 Å². The molecule has 0 radical (unpaired) electrons. The summed E-state index contributed by atoms with van der Waals surface area (Å²) in [6, 6.07) is 15.8. The molecule has 0 spiro atoms. The molecule has 1 aliphatic rings. The van der Waals surface area contributed by atoms with E-state index in [4.69, 9.17) is 25.8 Å². The van der Waals surface area contributed by atoms with Crippen molar-refractivity contribution in [1.29, 1.82) is 0 Å². The van der Waals surface area contributed by atoms with Crippen LogP contribution in [0.4, 0.5) is 0 Å². The Morgan fingerprint density at radius 1 is 1.06 bits per heavy atom. The van der Waals surface area contributed by atoms with E-state index in [9.17, 15) is 0 Å². The lowest BCUT2D eigenvalue weighted by Crippen LogP contribution is -2.35. The zero-order chi connectivity index (χ0) is 21.2. The van der Waals surface area contributed by atoms with Crippen LogP contribution in [0.25, 0.3) is 11.1 Å². The molecule has 0 atom stereocenters. The molecule has 0 aliphatic carbocycles. The van der Waals surface area contributed by atoms with E-state index < -0.39 is 0 Å². The zero-order valence-electron chi connectivity index (χ0n) is 17.4. The SMILES string of the molecule is COc1ccc(Cc2nn(CN3CCC(c4nc5ccccc5o4)CC3)c(=S)o2)cc1. The van der Waals surface area contributed by atoms with E-state index in [1.807, 2.05) is 48.5 Å². The zero-order valence-corrected chi connectivity index (χ0v) is 18.2. The Kier molecular flexibility index (Phi) is 5.57. The van der Waals surface area contributed by atoms with Crippen LogP contribution in [0.15, 0.2) is 57.4 Å². The maximum atomic E-state index is 5.97. The number of oxazole rings is 1. The molecule has 0 unspecified atom stereocenters. The fourth-order valence-corrected chi connectivity index (χ4v) is 4.20. The average molecular weight is 437 g/mol. The van der Waals surface area contributed by atoms with E-state index in [1.54, 1.807) is 11.8 Å². The van der Waals surface area contributed by atoms with E-state index in [0.717, 1.165) is 54.2 Å². The van der Waals surface area contributed by atoms with Gasteiger partial charge in [-0.2, -0.15) is 0 Å². The molecule has 8 heteroatoms. The Labute approximate surface area is 185 Å². The maximum absolute atomic E-state index is 5.97. The summed E-state index contributed by atoms with van der Waals surface area (Å²) in [6.45, 7) is 2.50. The lowest BCUT2D eigenvalue weighted by atomic mass is 9.97. The number of hydrogen-bond acceptors (Lipinski definition) is 7. The van der Waals surface area contributed by atoms with Crippen LogP contribution in [0.3, 0.4) is 0 Å². The van der Waals surface area contributed by atoms with E-state index in [2.05, 4.69) is 15.0 Å². The lowest BCUT2D eigenvalue weighted by Gasteiger charge is -2.29. The van der Waals surface area contributed by atoms with Crippen molar-refractivity contribution in [3.8, 4) is 5.75 Å². The summed E-state index contributed by atoms with van der Waals surface area (Å²) in [6.07, 6.45) is 2.59. The molecule has 2 aromatic heterocycles. The summed E-state index contributed by atoms with van der Waals surface area (Å²) in [5.74, 6) is 2.65. The molecule has 0 saturated carbocycles. The van der Waals surface area contributed by atoms with Gasteiger partial charge in [0.1, 0.15) is 11.3 Å². The second kappa shape index (κ2) is 8.64. The molecule has 4 aromatic rings. The Bertz CT molecular complexity index is 1190. The third-order valence-corrected chi connectivity index (χ3v) is 6.04. The topological polar surface area (TPSA) is 69.5 Å². The monoisotopic (exact) mass is 436 g/mol. The van der Waals surface area contributed by atoms with Gasteiger partial charge in [-0.15, -0.1) is 5.10 Å². The summed E-state index contributed by atoms with van der Waals surface area (Å²) >= 11 is 5.40. The largest absolute Gasteiger partial charge is 0.497 e. The Morgan fingerprint density at radius 3 is 2.58 bits per heavy atom. The smallest absolute Gasteiger partial charge is 0.288 e. The summed E-state index contributed by atoms with van der Waals surface area (Å²) < 4.78 is 18.7. The molecule has 1 saturated heterocycles. The van der Waals surface area contributed by atoms with E-state index >= 15 is 0 Å². The fraction of sp³-hybridized carbons (Fsp3) is 0.348. The molecule has 5 rings (SSSR count). The molecule has 1 aliphatic heterocycles. The van der Waals surface area contributed by atoms with Gasteiger partial charge < -0.3 is 13.6 Å². The van der Waals surface area contributed by atoms with Crippen LogP contribution in [-0.4, -0.2) is 39.9 Å². The van der Waals surface area contributed by atoms with Gasteiger partial charge in [-0.1, -0.05) is 24.3 Å². The van der Waals surface area contributed by atoms with Crippen molar-refractivity contribution < 1.29 is 13.6 Å². The molecule has 0 N–H and O–H groups in total. The van der Waals surface area contributed by atoms with Gasteiger partial charge in [-0.05, 0) is 54.9 Å². The van der Waals surface area contributed by atoms with Crippen molar-refractivity contribution in [3.05, 3.63) is 70.7 Å². The molecule has 0 amide bonds. The van der Waals surface area contributed by atoms with Gasteiger partial charge >= 0.3 is 0 Å². The minimum atomic E-state index is 0.347.